The molecule has 1 aliphatic heterocycles. The maximum absolute atomic E-state index is 12.4. The summed E-state index contributed by atoms with van der Waals surface area (Å²) in [4.78, 5) is 0. The monoisotopic (exact) mass is 317 g/mol. The van der Waals surface area contributed by atoms with Crippen LogP contribution >= 0.6 is 11.8 Å². The number of rotatable bonds is 5. The second kappa shape index (κ2) is 6.73. The molecule has 0 spiro atoms. The second-order valence-electron chi connectivity index (χ2n) is 5.75. The molecule has 1 aliphatic rings. The van der Waals surface area contributed by atoms with Crippen molar-refractivity contribution >= 4 is 17.4 Å². The van der Waals surface area contributed by atoms with E-state index in [1.165, 1.54) is 7.11 Å². The van der Waals surface area contributed by atoms with Gasteiger partial charge in [0.05, 0.1) is 7.11 Å². The summed E-state index contributed by atoms with van der Waals surface area (Å²) in [5, 5.41) is 3.43. The molecule has 1 aromatic rings. The topological polar surface area (TPSA) is 30.5 Å². The lowest BCUT2D eigenvalue weighted by atomic mass is 9.82. The van der Waals surface area contributed by atoms with Crippen LogP contribution < -0.4 is 14.8 Å². The summed E-state index contributed by atoms with van der Waals surface area (Å²) in [7, 11) is 1.43. The summed E-state index contributed by atoms with van der Waals surface area (Å²) in [6.07, 6.45) is 1.13. The molecule has 1 heterocycles. The molecule has 0 amide bonds. The summed E-state index contributed by atoms with van der Waals surface area (Å²) in [6, 6.07) is 5.33. The number of halogens is 2. The Balaban J connectivity index is 2.16. The first-order chi connectivity index (χ1) is 9.92. The number of anilines is 1. The highest BCUT2D eigenvalue weighted by Crippen LogP contribution is 2.37. The Bertz CT molecular complexity index is 483. The van der Waals surface area contributed by atoms with Gasteiger partial charge in [-0.1, -0.05) is 13.8 Å². The minimum absolute atomic E-state index is 0.0544. The van der Waals surface area contributed by atoms with Crippen molar-refractivity contribution in [2.75, 3.05) is 23.9 Å². The number of benzene rings is 1. The summed E-state index contributed by atoms with van der Waals surface area (Å²) < 4.78 is 34.5. The van der Waals surface area contributed by atoms with Crippen LogP contribution in [0.2, 0.25) is 0 Å². The van der Waals surface area contributed by atoms with Crippen LogP contribution in [-0.4, -0.2) is 31.3 Å². The Morgan fingerprint density at radius 2 is 2.10 bits per heavy atom. The van der Waals surface area contributed by atoms with Gasteiger partial charge >= 0.3 is 6.61 Å². The van der Waals surface area contributed by atoms with E-state index in [2.05, 4.69) is 23.9 Å². The van der Waals surface area contributed by atoms with Crippen molar-refractivity contribution in [3.05, 3.63) is 18.2 Å². The highest BCUT2D eigenvalue weighted by Gasteiger charge is 2.32. The number of ether oxygens (including phenoxy) is 2. The average molecular weight is 317 g/mol. The van der Waals surface area contributed by atoms with Gasteiger partial charge in [0.1, 0.15) is 0 Å². The van der Waals surface area contributed by atoms with Gasteiger partial charge in [0.25, 0.3) is 0 Å². The molecule has 0 aromatic heterocycles. The molecule has 2 rings (SSSR count). The van der Waals surface area contributed by atoms with Gasteiger partial charge in [-0.05, 0) is 29.7 Å². The van der Waals surface area contributed by atoms with E-state index in [1.807, 2.05) is 17.8 Å². The highest BCUT2D eigenvalue weighted by atomic mass is 32.2. The molecule has 0 saturated carbocycles. The van der Waals surface area contributed by atoms with Crippen LogP contribution in [0.5, 0.6) is 11.5 Å². The zero-order valence-electron chi connectivity index (χ0n) is 12.5. The van der Waals surface area contributed by atoms with Crippen LogP contribution in [0.25, 0.3) is 0 Å². The first kappa shape index (κ1) is 16.2. The fourth-order valence-corrected chi connectivity index (χ4v) is 3.94. The predicted molar refractivity (Wildman–Crippen MR) is 82.8 cm³/mol. The van der Waals surface area contributed by atoms with E-state index in [4.69, 9.17) is 4.74 Å². The van der Waals surface area contributed by atoms with Gasteiger partial charge in [-0.15, -0.1) is 0 Å². The number of methoxy groups -OCH3 is 1. The first-order valence-corrected chi connectivity index (χ1v) is 8.05. The Hall–Kier alpha value is -1.17. The van der Waals surface area contributed by atoms with Gasteiger partial charge in [-0.25, -0.2) is 0 Å². The third-order valence-corrected chi connectivity index (χ3v) is 4.90. The largest absolute Gasteiger partial charge is 0.493 e. The lowest BCUT2D eigenvalue weighted by Gasteiger charge is -2.39. The van der Waals surface area contributed by atoms with Crippen LogP contribution in [0, 0.1) is 5.41 Å². The van der Waals surface area contributed by atoms with Gasteiger partial charge < -0.3 is 14.8 Å². The zero-order chi connectivity index (χ0) is 15.5. The number of hydrogen-bond donors (Lipinski definition) is 1. The summed E-state index contributed by atoms with van der Waals surface area (Å²) >= 11 is 1.91. The fourth-order valence-electron chi connectivity index (χ4n) is 2.33. The van der Waals surface area contributed by atoms with E-state index in [1.54, 1.807) is 12.1 Å². The molecular weight excluding hydrogens is 296 g/mol. The lowest BCUT2D eigenvalue weighted by Crippen LogP contribution is -2.41. The van der Waals surface area contributed by atoms with Crippen LogP contribution in [0.3, 0.4) is 0 Å². The first-order valence-electron chi connectivity index (χ1n) is 6.89. The molecule has 1 unspecified atom stereocenters. The van der Waals surface area contributed by atoms with E-state index in [-0.39, 0.29) is 11.2 Å². The molecule has 1 aromatic carbocycles. The maximum Gasteiger partial charge on any atom is 0.387 e. The molecule has 0 radical (unpaired) electrons. The second-order valence-corrected chi connectivity index (χ2v) is 6.90. The predicted octanol–water partition coefficient (Wildman–Crippen LogP) is 4.24. The van der Waals surface area contributed by atoms with Crippen molar-refractivity contribution in [1.29, 1.82) is 0 Å². The lowest BCUT2D eigenvalue weighted by molar-refractivity contribution is -0.0511. The summed E-state index contributed by atoms with van der Waals surface area (Å²) in [5.74, 6) is 2.52. The number of nitrogens with one attached hydrogen (secondary N) is 1. The third kappa shape index (κ3) is 4.15. The normalized spacial score (nSPS) is 21.1. The summed E-state index contributed by atoms with van der Waals surface area (Å²) in [5.41, 5.74) is 0.946. The molecular formula is C15H21F2NO2S. The van der Waals surface area contributed by atoms with Crippen LogP contribution in [0.15, 0.2) is 18.2 Å². The fraction of sp³-hybridized carbons (Fsp3) is 0.600. The van der Waals surface area contributed by atoms with Crippen LogP contribution in [0.4, 0.5) is 14.5 Å². The summed E-state index contributed by atoms with van der Waals surface area (Å²) in [6.45, 7) is 1.59. The van der Waals surface area contributed by atoms with E-state index in [0.29, 0.717) is 11.8 Å². The van der Waals surface area contributed by atoms with Crippen molar-refractivity contribution in [3.63, 3.8) is 0 Å². The molecule has 3 nitrogen and oxygen atoms in total. The number of thioether (sulfide) groups is 1. The van der Waals surface area contributed by atoms with Crippen LogP contribution in [0.1, 0.15) is 20.3 Å². The van der Waals surface area contributed by atoms with Crippen molar-refractivity contribution in [2.24, 2.45) is 5.41 Å². The van der Waals surface area contributed by atoms with Crippen molar-refractivity contribution in [2.45, 2.75) is 32.9 Å². The van der Waals surface area contributed by atoms with Crippen molar-refractivity contribution in [1.82, 2.24) is 0 Å². The molecule has 6 heteroatoms. The molecule has 0 bridgehead atoms. The molecule has 1 saturated heterocycles. The van der Waals surface area contributed by atoms with Crippen molar-refractivity contribution in [3.8, 4) is 11.5 Å². The van der Waals surface area contributed by atoms with E-state index >= 15 is 0 Å². The standard InChI is InChI=1S/C15H21F2NO2S/c1-15(2)6-7-21-9-13(15)18-10-4-5-11(19-3)12(8-10)20-14(16)17/h4-5,8,13-14,18H,6-7,9H2,1-3H3. The van der Waals surface area contributed by atoms with Crippen molar-refractivity contribution < 1.29 is 18.3 Å². The Labute approximate surface area is 128 Å². The zero-order valence-corrected chi connectivity index (χ0v) is 13.3. The Morgan fingerprint density at radius 1 is 1.33 bits per heavy atom. The van der Waals surface area contributed by atoms with Gasteiger partial charge in [-0.2, -0.15) is 20.5 Å². The van der Waals surface area contributed by atoms with E-state index in [9.17, 15) is 8.78 Å². The molecule has 1 N–H and O–H groups in total. The van der Waals surface area contributed by atoms with E-state index < -0.39 is 6.61 Å². The molecule has 1 atom stereocenters. The number of hydrogen-bond acceptors (Lipinski definition) is 4. The van der Waals surface area contributed by atoms with Gasteiger partial charge in [0, 0.05) is 23.5 Å². The van der Waals surface area contributed by atoms with Gasteiger partial charge in [0.2, 0.25) is 0 Å². The maximum atomic E-state index is 12.4. The molecule has 0 aliphatic carbocycles. The SMILES string of the molecule is COc1ccc(NC2CSCCC2(C)C)cc1OC(F)F. The molecule has 21 heavy (non-hydrogen) atoms. The minimum Gasteiger partial charge on any atom is -0.493 e. The van der Waals surface area contributed by atoms with Gasteiger partial charge in [-0.3, -0.25) is 0 Å². The highest BCUT2D eigenvalue weighted by molar-refractivity contribution is 7.99. The quantitative estimate of drug-likeness (QED) is 0.880. The Morgan fingerprint density at radius 3 is 2.71 bits per heavy atom. The Kier molecular flexibility index (Phi) is 5.19. The third-order valence-electron chi connectivity index (χ3n) is 3.84. The van der Waals surface area contributed by atoms with E-state index in [0.717, 1.165) is 23.6 Å². The van der Waals surface area contributed by atoms with Gasteiger partial charge in [0.15, 0.2) is 11.5 Å². The smallest absolute Gasteiger partial charge is 0.387 e. The molecule has 1 fully saturated rings. The average Bonchev–Trinajstić information content (AvgIpc) is 2.41. The number of alkyl halides is 2. The molecule has 118 valence electrons. The van der Waals surface area contributed by atoms with Crippen LogP contribution in [-0.2, 0) is 0 Å². The minimum atomic E-state index is -2.86.